The third kappa shape index (κ3) is 3.32. The van der Waals surface area contributed by atoms with E-state index in [9.17, 15) is 0 Å². The number of hydrogen-bond donors (Lipinski definition) is 1. The van der Waals surface area contributed by atoms with Crippen molar-refractivity contribution in [2.24, 2.45) is 0 Å². The summed E-state index contributed by atoms with van der Waals surface area (Å²) in [4.78, 5) is 4.25. The molecule has 0 unspecified atom stereocenters. The largest absolute Gasteiger partial charge is 0.361 e. The Bertz CT molecular complexity index is 398. The summed E-state index contributed by atoms with van der Waals surface area (Å²) in [5.41, 5.74) is 0. The zero-order valence-corrected chi connectivity index (χ0v) is 10.5. The van der Waals surface area contributed by atoms with Crippen LogP contribution in [-0.4, -0.2) is 21.3 Å². The monoisotopic (exact) mass is 286 g/mol. The van der Waals surface area contributed by atoms with Crippen LogP contribution in [0.3, 0.4) is 0 Å². The summed E-state index contributed by atoms with van der Waals surface area (Å²) < 4.78 is 2.82. The van der Waals surface area contributed by atoms with Gasteiger partial charge in [-0.1, -0.05) is 0 Å². The highest BCUT2D eigenvalue weighted by molar-refractivity contribution is 9.10. The summed E-state index contributed by atoms with van der Waals surface area (Å²) in [5.74, 6) is 0. The molecular formula is C9H11BrN4S. The molecule has 15 heavy (non-hydrogen) atoms. The van der Waals surface area contributed by atoms with E-state index in [0.29, 0.717) is 0 Å². The fourth-order valence-electron chi connectivity index (χ4n) is 1.20. The third-order valence-electron chi connectivity index (χ3n) is 1.88. The summed E-state index contributed by atoms with van der Waals surface area (Å²) in [6, 6.07) is 1.94. The van der Waals surface area contributed by atoms with Gasteiger partial charge in [0.25, 0.3) is 0 Å². The van der Waals surface area contributed by atoms with Gasteiger partial charge in [0.1, 0.15) is 4.60 Å². The predicted molar refractivity (Wildman–Crippen MR) is 65.1 cm³/mol. The van der Waals surface area contributed by atoms with Crippen LogP contribution in [0.25, 0.3) is 0 Å². The molecule has 2 aromatic rings. The number of nitrogens with zero attached hydrogens (tertiary/aromatic N) is 3. The van der Waals surface area contributed by atoms with Gasteiger partial charge in [0, 0.05) is 30.9 Å². The van der Waals surface area contributed by atoms with E-state index < -0.39 is 0 Å². The standard InChI is InChI=1S/C9H11BrN4S/c10-8-7-15-9(13-8)11-3-1-5-14-6-2-4-12-14/h2,4,6-7H,1,3,5H2,(H,11,13). The van der Waals surface area contributed by atoms with Crippen molar-refractivity contribution in [1.29, 1.82) is 0 Å². The van der Waals surface area contributed by atoms with E-state index in [1.807, 2.05) is 22.3 Å². The van der Waals surface area contributed by atoms with Crippen molar-refractivity contribution in [2.45, 2.75) is 13.0 Å². The Hall–Kier alpha value is -0.880. The number of hydrogen-bond acceptors (Lipinski definition) is 4. The van der Waals surface area contributed by atoms with Crippen LogP contribution in [-0.2, 0) is 6.54 Å². The fraction of sp³-hybridized carbons (Fsp3) is 0.333. The van der Waals surface area contributed by atoms with E-state index in [2.05, 4.69) is 31.3 Å². The molecule has 0 aliphatic rings. The SMILES string of the molecule is Brc1csc(NCCCn2cccn2)n1. The molecule has 6 heteroatoms. The second-order valence-corrected chi connectivity index (χ2v) is 4.70. The molecule has 2 aromatic heterocycles. The van der Waals surface area contributed by atoms with Gasteiger partial charge in [-0.15, -0.1) is 11.3 Å². The molecule has 0 bridgehead atoms. The van der Waals surface area contributed by atoms with E-state index in [-0.39, 0.29) is 0 Å². The van der Waals surface area contributed by atoms with Gasteiger partial charge in [0.2, 0.25) is 0 Å². The maximum absolute atomic E-state index is 4.25. The van der Waals surface area contributed by atoms with Gasteiger partial charge in [0.05, 0.1) is 0 Å². The van der Waals surface area contributed by atoms with Crippen molar-refractivity contribution in [3.63, 3.8) is 0 Å². The molecule has 2 heterocycles. The lowest BCUT2D eigenvalue weighted by Gasteiger charge is -2.02. The van der Waals surface area contributed by atoms with Crippen molar-refractivity contribution in [1.82, 2.24) is 14.8 Å². The normalized spacial score (nSPS) is 10.5. The van der Waals surface area contributed by atoms with Gasteiger partial charge >= 0.3 is 0 Å². The van der Waals surface area contributed by atoms with Crippen LogP contribution in [0.4, 0.5) is 5.13 Å². The highest BCUT2D eigenvalue weighted by atomic mass is 79.9. The first-order valence-corrected chi connectivity index (χ1v) is 6.34. The molecule has 0 aliphatic carbocycles. The van der Waals surface area contributed by atoms with Gasteiger partial charge in [-0.3, -0.25) is 4.68 Å². The second kappa shape index (κ2) is 5.27. The maximum atomic E-state index is 4.25. The van der Waals surface area contributed by atoms with E-state index in [1.54, 1.807) is 17.5 Å². The minimum atomic E-state index is 0.891. The highest BCUT2D eigenvalue weighted by Crippen LogP contribution is 2.18. The fourth-order valence-corrected chi connectivity index (χ4v) is 2.38. The molecule has 0 radical (unpaired) electrons. The Labute approximate surface area is 100 Å². The van der Waals surface area contributed by atoms with Gasteiger partial charge < -0.3 is 5.32 Å². The van der Waals surface area contributed by atoms with Crippen molar-refractivity contribution in [3.8, 4) is 0 Å². The van der Waals surface area contributed by atoms with Crippen LogP contribution in [0.15, 0.2) is 28.4 Å². The molecule has 2 rings (SSSR count). The molecule has 0 spiro atoms. The summed E-state index contributed by atoms with van der Waals surface area (Å²) in [6.45, 7) is 1.85. The van der Waals surface area contributed by atoms with Crippen molar-refractivity contribution < 1.29 is 0 Å². The van der Waals surface area contributed by atoms with Crippen LogP contribution >= 0.6 is 27.3 Å². The zero-order chi connectivity index (χ0) is 10.5. The average molecular weight is 287 g/mol. The number of aryl methyl sites for hydroxylation is 1. The molecule has 1 N–H and O–H groups in total. The van der Waals surface area contributed by atoms with Gasteiger partial charge in [0.15, 0.2) is 5.13 Å². The Kier molecular flexibility index (Phi) is 3.74. The predicted octanol–water partition coefficient (Wildman–Crippen LogP) is 2.60. The maximum Gasteiger partial charge on any atom is 0.183 e. The first-order valence-electron chi connectivity index (χ1n) is 4.67. The average Bonchev–Trinajstić information content (AvgIpc) is 2.84. The van der Waals surface area contributed by atoms with Crippen molar-refractivity contribution in [3.05, 3.63) is 28.4 Å². The van der Waals surface area contributed by atoms with E-state index in [4.69, 9.17) is 0 Å². The summed E-state index contributed by atoms with van der Waals surface area (Å²) in [7, 11) is 0. The second-order valence-electron chi connectivity index (χ2n) is 3.02. The zero-order valence-electron chi connectivity index (χ0n) is 8.06. The molecule has 0 fully saturated rings. The Morgan fingerprint density at radius 1 is 1.53 bits per heavy atom. The van der Waals surface area contributed by atoms with Crippen molar-refractivity contribution in [2.75, 3.05) is 11.9 Å². The lowest BCUT2D eigenvalue weighted by molar-refractivity contribution is 0.591. The van der Waals surface area contributed by atoms with Gasteiger partial charge in [-0.05, 0) is 28.4 Å². The lowest BCUT2D eigenvalue weighted by Crippen LogP contribution is -2.06. The third-order valence-corrected chi connectivity index (χ3v) is 3.38. The molecule has 0 saturated carbocycles. The van der Waals surface area contributed by atoms with E-state index in [0.717, 1.165) is 29.2 Å². The van der Waals surface area contributed by atoms with Gasteiger partial charge in [-0.25, -0.2) is 4.98 Å². The van der Waals surface area contributed by atoms with Crippen LogP contribution in [0.2, 0.25) is 0 Å². The van der Waals surface area contributed by atoms with E-state index in [1.165, 1.54) is 0 Å². The summed E-state index contributed by atoms with van der Waals surface area (Å²) >= 11 is 4.92. The van der Waals surface area contributed by atoms with Crippen molar-refractivity contribution >= 4 is 32.4 Å². The number of rotatable bonds is 5. The van der Waals surface area contributed by atoms with Crippen LogP contribution < -0.4 is 5.32 Å². The molecule has 0 saturated heterocycles. The number of thiazole rings is 1. The molecule has 0 amide bonds. The molecule has 80 valence electrons. The van der Waals surface area contributed by atoms with Gasteiger partial charge in [-0.2, -0.15) is 5.10 Å². The number of anilines is 1. The highest BCUT2D eigenvalue weighted by Gasteiger charge is 1.97. The number of nitrogens with one attached hydrogen (secondary N) is 1. The van der Waals surface area contributed by atoms with E-state index >= 15 is 0 Å². The first kappa shape index (κ1) is 10.6. The quantitative estimate of drug-likeness (QED) is 0.860. The molecular weight excluding hydrogens is 276 g/mol. The molecule has 4 nitrogen and oxygen atoms in total. The Balaban J connectivity index is 1.67. The minimum Gasteiger partial charge on any atom is -0.361 e. The number of halogens is 1. The smallest absolute Gasteiger partial charge is 0.183 e. The van der Waals surface area contributed by atoms with Crippen LogP contribution in [0, 0.1) is 0 Å². The lowest BCUT2D eigenvalue weighted by atomic mass is 10.4. The Morgan fingerprint density at radius 3 is 3.13 bits per heavy atom. The topological polar surface area (TPSA) is 42.7 Å². The van der Waals surface area contributed by atoms with Crippen LogP contribution in [0.1, 0.15) is 6.42 Å². The summed E-state index contributed by atoms with van der Waals surface area (Å²) in [6.07, 6.45) is 4.81. The summed E-state index contributed by atoms with van der Waals surface area (Å²) in [5, 5.41) is 10.3. The Morgan fingerprint density at radius 2 is 2.47 bits per heavy atom. The minimum absolute atomic E-state index is 0.891. The van der Waals surface area contributed by atoms with Crippen LogP contribution in [0.5, 0.6) is 0 Å². The molecule has 0 aliphatic heterocycles. The molecule has 0 aromatic carbocycles. The number of aromatic nitrogens is 3. The first-order chi connectivity index (χ1) is 7.34. The molecule has 0 atom stereocenters.